The molecule has 0 radical (unpaired) electrons. The molecule has 124 valence electrons. The molecule has 0 aromatic heterocycles. The van der Waals surface area contributed by atoms with Crippen molar-refractivity contribution in [2.45, 2.75) is 11.1 Å². The second kappa shape index (κ2) is 6.67. The zero-order valence-electron chi connectivity index (χ0n) is 11.5. The van der Waals surface area contributed by atoms with E-state index in [1.54, 1.807) is 0 Å². The first-order valence-corrected chi connectivity index (χ1v) is 6.39. The van der Waals surface area contributed by atoms with Crippen molar-refractivity contribution < 1.29 is 23.0 Å². The van der Waals surface area contributed by atoms with E-state index in [-0.39, 0.29) is 17.8 Å². The van der Waals surface area contributed by atoms with Crippen LogP contribution >= 0.6 is 11.8 Å². The average molecular weight is 351 g/mol. The Morgan fingerprint density at radius 2 is 1.87 bits per heavy atom. The Balaban J connectivity index is 3.95. The number of nitriles is 1. The Labute approximate surface area is 130 Å². The Morgan fingerprint density at radius 1 is 1.30 bits per heavy atom. The van der Waals surface area contributed by atoms with Crippen LogP contribution in [0.4, 0.5) is 30.2 Å². The van der Waals surface area contributed by atoms with Crippen LogP contribution in [0, 0.1) is 30.9 Å². The van der Waals surface area contributed by atoms with E-state index in [2.05, 4.69) is 5.43 Å². The molecule has 9 nitrogen and oxygen atoms in total. The molecule has 0 amide bonds. The van der Waals surface area contributed by atoms with Gasteiger partial charge in [-0.25, -0.2) is 5.01 Å². The highest BCUT2D eigenvalue weighted by molar-refractivity contribution is 8.04. The number of hydrogen-bond donors (Lipinski definition) is 1. The smallest absolute Gasteiger partial charge is 0.308 e. The number of hydrazine groups is 1. The fourth-order valence-corrected chi connectivity index (χ4v) is 2.30. The second-order valence-corrected chi connectivity index (χ2v) is 5.00. The molecule has 0 saturated carbocycles. The molecule has 0 aliphatic carbocycles. The average Bonchev–Trinajstić information content (AvgIpc) is 2.35. The normalized spacial score (nSPS) is 11.2. The summed E-state index contributed by atoms with van der Waals surface area (Å²) in [6, 6.07) is 0.165. The number of nitro groups is 2. The Bertz CT molecular complexity index is 701. The molecular weight excluding hydrogens is 343 g/mol. The fraction of sp³-hybridized carbons (Fsp3) is 0.300. The molecule has 13 heteroatoms. The van der Waals surface area contributed by atoms with Crippen molar-refractivity contribution in [1.29, 1.82) is 5.26 Å². The van der Waals surface area contributed by atoms with Crippen LogP contribution in [0.1, 0.15) is 5.56 Å². The van der Waals surface area contributed by atoms with Crippen molar-refractivity contribution in [2.24, 2.45) is 0 Å². The van der Waals surface area contributed by atoms with Crippen LogP contribution in [0.5, 0.6) is 0 Å². The molecule has 1 aromatic carbocycles. The maximum Gasteiger partial charge on any atom is 0.418 e. The number of halogens is 3. The van der Waals surface area contributed by atoms with Gasteiger partial charge in [0.2, 0.25) is 5.69 Å². The minimum atomic E-state index is -5.11. The highest BCUT2D eigenvalue weighted by Gasteiger charge is 2.43. The number of thiocyanates is 1. The third-order valence-electron chi connectivity index (χ3n) is 2.40. The SMILES string of the molecule is CN(C)Nc1c([N+](=O)[O-])cc(C(F)(F)F)c(SC#N)c1[N+](=O)[O-]. The summed E-state index contributed by atoms with van der Waals surface area (Å²) in [7, 11) is 2.67. The summed E-state index contributed by atoms with van der Waals surface area (Å²) in [6.07, 6.45) is -5.11. The molecular formula is C10H8F3N5O4S. The minimum Gasteiger partial charge on any atom is -0.308 e. The summed E-state index contributed by atoms with van der Waals surface area (Å²) in [6.45, 7) is 0. The Morgan fingerprint density at radius 3 is 2.22 bits per heavy atom. The van der Waals surface area contributed by atoms with E-state index >= 15 is 0 Å². The second-order valence-electron chi connectivity index (χ2n) is 4.21. The summed E-state index contributed by atoms with van der Waals surface area (Å²) < 4.78 is 39.2. The molecule has 0 heterocycles. The van der Waals surface area contributed by atoms with Crippen molar-refractivity contribution in [3.63, 3.8) is 0 Å². The number of benzene rings is 1. The molecule has 0 saturated heterocycles. The zero-order chi connectivity index (χ0) is 17.9. The van der Waals surface area contributed by atoms with Gasteiger partial charge in [0.05, 0.1) is 15.4 Å². The minimum absolute atomic E-state index is 0.0918. The molecule has 1 rings (SSSR count). The molecule has 0 atom stereocenters. The first-order valence-electron chi connectivity index (χ1n) is 5.57. The van der Waals surface area contributed by atoms with Crippen molar-refractivity contribution >= 4 is 28.8 Å². The van der Waals surface area contributed by atoms with Crippen LogP contribution in [0.2, 0.25) is 0 Å². The van der Waals surface area contributed by atoms with E-state index in [1.807, 2.05) is 0 Å². The summed E-state index contributed by atoms with van der Waals surface area (Å²) >= 11 is -0.0918. The largest absolute Gasteiger partial charge is 0.418 e. The maximum absolute atomic E-state index is 13.1. The van der Waals surface area contributed by atoms with Crippen LogP contribution in [-0.2, 0) is 6.18 Å². The Hall–Kier alpha value is -2.59. The van der Waals surface area contributed by atoms with Gasteiger partial charge in [-0.05, 0) is 11.8 Å². The quantitative estimate of drug-likeness (QED) is 0.371. The van der Waals surface area contributed by atoms with Crippen LogP contribution in [0.3, 0.4) is 0 Å². The van der Waals surface area contributed by atoms with Crippen LogP contribution in [0.15, 0.2) is 11.0 Å². The van der Waals surface area contributed by atoms with Crippen LogP contribution in [-0.4, -0.2) is 29.0 Å². The lowest BCUT2D eigenvalue weighted by Gasteiger charge is -2.17. The van der Waals surface area contributed by atoms with Gasteiger partial charge in [0.25, 0.3) is 0 Å². The predicted molar refractivity (Wildman–Crippen MR) is 73.5 cm³/mol. The van der Waals surface area contributed by atoms with E-state index in [0.717, 1.165) is 5.01 Å². The molecule has 0 bridgehead atoms. The van der Waals surface area contributed by atoms with Gasteiger partial charge in [-0.15, -0.1) is 0 Å². The lowest BCUT2D eigenvalue weighted by Crippen LogP contribution is -2.22. The van der Waals surface area contributed by atoms with E-state index in [9.17, 15) is 33.4 Å². The molecule has 0 aliphatic rings. The van der Waals surface area contributed by atoms with Crippen molar-refractivity contribution in [1.82, 2.24) is 5.01 Å². The number of alkyl halides is 3. The van der Waals surface area contributed by atoms with Gasteiger partial charge in [0, 0.05) is 20.2 Å². The summed E-state index contributed by atoms with van der Waals surface area (Å²) in [5, 5.41) is 33.2. The van der Waals surface area contributed by atoms with E-state index in [1.165, 1.54) is 19.5 Å². The van der Waals surface area contributed by atoms with E-state index < -0.39 is 43.5 Å². The van der Waals surface area contributed by atoms with Gasteiger partial charge >= 0.3 is 17.6 Å². The molecule has 0 unspecified atom stereocenters. The van der Waals surface area contributed by atoms with Crippen LogP contribution < -0.4 is 5.43 Å². The number of nitrogens with one attached hydrogen (secondary N) is 1. The number of nitrogens with zero attached hydrogens (tertiary/aromatic N) is 4. The Kier molecular flexibility index (Phi) is 5.35. The lowest BCUT2D eigenvalue weighted by molar-refractivity contribution is -0.394. The predicted octanol–water partition coefficient (Wildman–Crippen LogP) is 2.98. The van der Waals surface area contributed by atoms with E-state index in [0.29, 0.717) is 0 Å². The number of thioether (sulfide) groups is 1. The fourth-order valence-electron chi connectivity index (χ4n) is 1.65. The molecule has 0 fully saturated rings. The van der Waals surface area contributed by atoms with Gasteiger partial charge in [0.15, 0.2) is 0 Å². The zero-order valence-corrected chi connectivity index (χ0v) is 12.4. The third kappa shape index (κ3) is 3.99. The molecule has 1 N–H and O–H groups in total. The standard InChI is InChI=1S/C10H8F3N5O4S/c1-16(2)15-7-6(17(19)20)3-5(10(11,12)13)9(23-4-14)8(7)18(21)22/h3,15H,1-2H3. The highest BCUT2D eigenvalue weighted by atomic mass is 32.2. The summed E-state index contributed by atoms with van der Waals surface area (Å²) in [5.41, 5.74) is -2.43. The van der Waals surface area contributed by atoms with Crippen molar-refractivity contribution in [3.05, 3.63) is 31.9 Å². The number of rotatable bonds is 5. The number of anilines is 1. The molecule has 1 aromatic rings. The number of hydrogen-bond acceptors (Lipinski definition) is 8. The maximum atomic E-state index is 13.1. The van der Waals surface area contributed by atoms with Gasteiger partial charge in [-0.3, -0.25) is 20.2 Å². The summed E-state index contributed by atoms with van der Waals surface area (Å²) in [4.78, 5) is 18.8. The van der Waals surface area contributed by atoms with Crippen molar-refractivity contribution in [3.8, 4) is 5.40 Å². The highest BCUT2D eigenvalue weighted by Crippen LogP contribution is 2.48. The van der Waals surface area contributed by atoms with Crippen LogP contribution in [0.25, 0.3) is 0 Å². The van der Waals surface area contributed by atoms with Gasteiger partial charge in [-0.2, -0.15) is 18.4 Å². The monoisotopic (exact) mass is 351 g/mol. The topological polar surface area (TPSA) is 125 Å². The lowest BCUT2D eigenvalue weighted by atomic mass is 10.1. The van der Waals surface area contributed by atoms with Gasteiger partial charge in [-0.1, -0.05) is 0 Å². The number of nitro benzene ring substituents is 2. The summed E-state index contributed by atoms with van der Waals surface area (Å²) in [5.74, 6) is 0. The third-order valence-corrected chi connectivity index (χ3v) is 3.11. The van der Waals surface area contributed by atoms with Gasteiger partial charge < -0.3 is 5.43 Å². The first kappa shape index (κ1) is 18.5. The first-order chi connectivity index (χ1) is 10.5. The van der Waals surface area contributed by atoms with Crippen molar-refractivity contribution in [2.75, 3.05) is 19.5 Å². The van der Waals surface area contributed by atoms with E-state index in [4.69, 9.17) is 5.26 Å². The van der Waals surface area contributed by atoms with Gasteiger partial charge in [0.1, 0.15) is 10.3 Å². The molecule has 23 heavy (non-hydrogen) atoms. The molecule has 0 spiro atoms. The molecule has 0 aliphatic heterocycles.